The van der Waals surface area contributed by atoms with Gasteiger partial charge in [-0.15, -0.1) is 0 Å². The maximum absolute atomic E-state index is 10.6. The molecule has 0 heterocycles. The second-order valence-corrected chi connectivity index (χ2v) is 4.69. The van der Waals surface area contributed by atoms with Crippen LogP contribution in [0.25, 0.3) is 0 Å². The molecule has 1 N–H and O–H groups in total. The van der Waals surface area contributed by atoms with Gasteiger partial charge >= 0.3 is 5.97 Å². The summed E-state index contributed by atoms with van der Waals surface area (Å²) in [7, 11) is 1.67. The van der Waals surface area contributed by atoms with E-state index in [2.05, 4.69) is 12.1 Å². The van der Waals surface area contributed by atoms with Crippen LogP contribution in [0.1, 0.15) is 37.2 Å². The van der Waals surface area contributed by atoms with Gasteiger partial charge in [-0.1, -0.05) is 17.7 Å². The quantitative estimate of drug-likeness (QED) is 0.832. The van der Waals surface area contributed by atoms with E-state index < -0.39 is 5.97 Å². The van der Waals surface area contributed by atoms with Crippen molar-refractivity contribution in [2.45, 2.75) is 31.6 Å². The zero-order chi connectivity index (χ0) is 13.0. The van der Waals surface area contributed by atoms with Crippen molar-refractivity contribution in [3.63, 3.8) is 0 Å². The topological polar surface area (TPSA) is 46.5 Å². The molecule has 2 rings (SSSR count). The lowest BCUT2D eigenvalue weighted by Crippen LogP contribution is -2.07. The first-order valence-electron chi connectivity index (χ1n) is 6.25. The number of allylic oxidation sites excluding steroid dienone is 1. The van der Waals surface area contributed by atoms with Crippen molar-refractivity contribution in [1.29, 1.82) is 0 Å². The summed E-state index contributed by atoms with van der Waals surface area (Å²) in [5, 5.41) is 8.72. The highest BCUT2D eigenvalue weighted by molar-refractivity contribution is 5.80. The molecule has 1 saturated carbocycles. The van der Waals surface area contributed by atoms with Crippen LogP contribution in [0, 0.1) is 0 Å². The number of carboxylic acid groups (broad SMARTS) is 1. The first-order valence-corrected chi connectivity index (χ1v) is 6.25. The van der Waals surface area contributed by atoms with E-state index >= 15 is 0 Å². The molecule has 0 bridgehead atoms. The summed E-state index contributed by atoms with van der Waals surface area (Å²) in [6.45, 7) is 0. The molecular weight excluding hydrogens is 228 g/mol. The van der Waals surface area contributed by atoms with Crippen LogP contribution in [0.4, 0.5) is 0 Å². The minimum absolute atomic E-state index is 0.543. The Kier molecular flexibility index (Phi) is 4.03. The molecule has 0 unspecified atom stereocenters. The van der Waals surface area contributed by atoms with E-state index in [1.165, 1.54) is 11.6 Å². The summed E-state index contributed by atoms with van der Waals surface area (Å²) < 4.78 is 5.14. The standard InChI is InChI=1S/C15H18O3/c1-18-14-8-6-13(7-9-14)12-4-2-11(3-5-12)10-15(16)17/h6-10,12H,2-5H2,1H3,(H,16,17). The zero-order valence-electron chi connectivity index (χ0n) is 10.6. The Morgan fingerprint density at radius 2 is 1.89 bits per heavy atom. The third kappa shape index (κ3) is 3.13. The van der Waals surface area contributed by atoms with Gasteiger partial charge in [0, 0.05) is 6.08 Å². The van der Waals surface area contributed by atoms with Gasteiger partial charge < -0.3 is 9.84 Å². The molecule has 3 heteroatoms. The minimum Gasteiger partial charge on any atom is -0.497 e. The van der Waals surface area contributed by atoms with Gasteiger partial charge in [-0.05, 0) is 49.3 Å². The Labute approximate surface area is 107 Å². The molecule has 0 radical (unpaired) electrons. The fourth-order valence-corrected chi connectivity index (χ4v) is 2.52. The van der Waals surface area contributed by atoms with Gasteiger partial charge in [0.15, 0.2) is 0 Å². The number of hydrogen-bond acceptors (Lipinski definition) is 2. The van der Waals surface area contributed by atoms with Crippen LogP contribution < -0.4 is 4.74 Å². The molecule has 0 aliphatic heterocycles. The van der Waals surface area contributed by atoms with Crippen molar-refractivity contribution in [3.05, 3.63) is 41.5 Å². The number of methoxy groups -OCH3 is 1. The molecule has 3 nitrogen and oxygen atoms in total. The Bertz CT molecular complexity index is 435. The van der Waals surface area contributed by atoms with Gasteiger partial charge in [0.25, 0.3) is 0 Å². The van der Waals surface area contributed by atoms with Crippen molar-refractivity contribution in [1.82, 2.24) is 0 Å². The highest BCUT2D eigenvalue weighted by Crippen LogP contribution is 2.35. The second-order valence-electron chi connectivity index (χ2n) is 4.69. The van der Waals surface area contributed by atoms with E-state index in [1.807, 2.05) is 12.1 Å². The number of ether oxygens (including phenoxy) is 1. The van der Waals surface area contributed by atoms with Crippen molar-refractivity contribution >= 4 is 5.97 Å². The van der Waals surface area contributed by atoms with Crippen LogP contribution >= 0.6 is 0 Å². The normalized spacial score (nSPS) is 19.4. The lowest BCUT2D eigenvalue weighted by Gasteiger charge is -2.24. The number of aliphatic carboxylic acids is 1. The maximum Gasteiger partial charge on any atom is 0.328 e. The Morgan fingerprint density at radius 3 is 2.39 bits per heavy atom. The van der Waals surface area contributed by atoms with Gasteiger partial charge in [-0.3, -0.25) is 0 Å². The molecule has 96 valence electrons. The first-order chi connectivity index (χ1) is 8.69. The third-order valence-electron chi connectivity index (χ3n) is 3.54. The van der Waals surface area contributed by atoms with E-state index in [1.54, 1.807) is 7.11 Å². The first kappa shape index (κ1) is 12.7. The number of carboxylic acids is 1. The molecule has 1 aromatic carbocycles. The third-order valence-corrected chi connectivity index (χ3v) is 3.54. The minimum atomic E-state index is -0.826. The van der Waals surface area contributed by atoms with Crippen LogP contribution in [0.5, 0.6) is 5.75 Å². The summed E-state index contributed by atoms with van der Waals surface area (Å²) >= 11 is 0. The molecule has 1 aliphatic carbocycles. The summed E-state index contributed by atoms with van der Waals surface area (Å²) in [6, 6.07) is 8.18. The molecular formula is C15H18O3. The van der Waals surface area contributed by atoms with Crippen molar-refractivity contribution < 1.29 is 14.6 Å². The van der Waals surface area contributed by atoms with Gasteiger partial charge in [0.05, 0.1) is 7.11 Å². The van der Waals surface area contributed by atoms with Crippen LogP contribution in [0.3, 0.4) is 0 Å². The predicted molar refractivity (Wildman–Crippen MR) is 69.9 cm³/mol. The molecule has 0 spiro atoms. The van der Waals surface area contributed by atoms with E-state index in [9.17, 15) is 4.79 Å². The van der Waals surface area contributed by atoms with Crippen LogP contribution in [-0.4, -0.2) is 18.2 Å². The zero-order valence-corrected chi connectivity index (χ0v) is 10.6. The average molecular weight is 246 g/mol. The SMILES string of the molecule is COc1ccc(C2CCC(=CC(=O)O)CC2)cc1. The van der Waals surface area contributed by atoms with Crippen molar-refractivity contribution in [3.8, 4) is 5.75 Å². The smallest absolute Gasteiger partial charge is 0.328 e. The van der Waals surface area contributed by atoms with Crippen LogP contribution in [-0.2, 0) is 4.79 Å². The van der Waals surface area contributed by atoms with Crippen molar-refractivity contribution in [2.75, 3.05) is 7.11 Å². The lowest BCUT2D eigenvalue weighted by molar-refractivity contribution is -0.131. The van der Waals surface area contributed by atoms with Crippen molar-refractivity contribution in [2.24, 2.45) is 0 Å². The van der Waals surface area contributed by atoms with E-state index in [4.69, 9.17) is 9.84 Å². The molecule has 1 fully saturated rings. The number of rotatable bonds is 3. The fourth-order valence-electron chi connectivity index (χ4n) is 2.52. The predicted octanol–water partition coefficient (Wildman–Crippen LogP) is 3.36. The summed E-state index contributed by atoms with van der Waals surface area (Å²) in [4.78, 5) is 10.6. The lowest BCUT2D eigenvalue weighted by atomic mass is 9.81. The highest BCUT2D eigenvalue weighted by atomic mass is 16.5. The largest absolute Gasteiger partial charge is 0.497 e. The van der Waals surface area contributed by atoms with Gasteiger partial charge in [0.2, 0.25) is 0 Å². The summed E-state index contributed by atoms with van der Waals surface area (Å²) in [6.07, 6.45) is 5.22. The maximum atomic E-state index is 10.6. The highest BCUT2D eigenvalue weighted by Gasteiger charge is 2.18. The summed E-state index contributed by atoms with van der Waals surface area (Å²) in [5.74, 6) is 0.593. The average Bonchev–Trinajstić information content (AvgIpc) is 2.39. The van der Waals surface area contributed by atoms with Crippen LogP contribution in [0.15, 0.2) is 35.9 Å². The Morgan fingerprint density at radius 1 is 1.28 bits per heavy atom. The van der Waals surface area contributed by atoms with Gasteiger partial charge in [-0.2, -0.15) is 0 Å². The fraction of sp³-hybridized carbons (Fsp3) is 0.400. The van der Waals surface area contributed by atoms with E-state index in [0.717, 1.165) is 37.0 Å². The Balaban J connectivity index is 1.98. The van der Waals surface area contributed by atoms with E-state index in [0.29, 0.717) is 5.92 Å². The molecule has 1 aliphatic rings. The monoisotopic (exact) mass is 246 g/mol. The van der Waals surface area contributed by atoms with Gasteiger partial charge in [-0.25, -0.2) is 4.79 Å². The Hall–Kier alpha value is -1.77. The summed E-state index contributed by atoms with van der Waals surface area (Å²) in [5.41, 5.74) is 2.39. The van der Waals surface area contributed by atoms with Crippen LogP contribution in [0.2, 0.25) is 0 Å². The molecule has 0 atom stereocenters. The molecule has 18 heavy (non-hydrogen) atoms. The molecule has 1 aromatic rings. The molecule has 0 saturated heterocycles. The van der Waals surface area contributed by atoms with E-state index in [-0.39, 0.29) is 0 Å². The molecule has 0 aromatic heterocycles. The van der Waals surface area contributed by atoms with Gasteiger partial charge in [0.1, 0.15) is 5.75 Å². The number of benzene rings is 1. The molecule has 0 amide bonds. The number of carbonyl (C=O) groups is 1. The second kappa shape index (κ2) is 5.71. The number of hydrogen-bond donors (Lipinski definition) is 1.